The summed E-state index contributed by atoms with van der Waals surface area (Å²) in [7, 11) is 0. The van der Waals surface area contributed by atoms with Crippen molar-refractivity contribution in [3.05, 3.63) is 33.7 Å². The van der Waals surface area contributed by atoms with Gasteiger partial charge >= 0.3 is 0 Å². The first kappa shape index (κ1) is 20.0. The van der Waals surface area contributed by atoms with Crippen LogP contribution in [0.15, 0.2) is 16.9 Å². The molecule has 2 fully saturated rings. The fourth-order valence-corrected chi connectivity index (χ4v) is 4.09. The minimum absolute atomic E-state index is 0.155. The minimum Gasteiger partial charge on any atom is -0.395 e. The van der Waals surface area contributed by atoms with Crippen LogP contribution in [-0.4, -0.2) is 89.2 Å². The second kappa shape index (κ2) is 8.99. The second-order valence-electron chi connectivity index (χ2n) is 7.94. The number of likely N-dealkylation sites (tertiary alicyclic amines) is 1. The van der Waals surface area contributed by atoms with E-state index in [0.717, 1.165) is 51.3 Å². The number of carbonyl (C=O) groups excluding carboxylic acids is 1. The van der Waals surface area contributed by atoms with Gasteiger partial charge in [-0.05, 0) is 30.9 Å². The van der Waals surface area contributed by atoms with E-state index in [4.69, 9.17) is 5.11 Å². The lowest BCUT2D eigenvalue weighted by Crippen LogP contribution is -2.54. The van der Waals surface area contributed by atoms with Gasteiger partial charge in [0.2, 0.25) is 0 Å². The summed E-state index contributed by atoms with van der Waals surface area (Å²) in [5.74, 6) is 0.0770. The number of nitrogens with zero attached hydrogens (tertiary/aromatic N) is 3. The van der Waals surface area contributed by atoms with E-state index >= 15 is 0 Å². The maximum Gasteiger partial charge on any atom is 0.261 e. The molecule has 0 radical (unpaired) electrons. The van der Waals surface area contributed by atoms with E-state index in [0.29, 0.717) is 19.1 Å². The van der Waals surface area contributed by atoms with E-state index in [-0.39, 0.29) is 29.6 Å². The van der Waals surface area contributed by atoms with Gasteiger partial charge < -0.3 is 15.0 Å². The van der Waals surface area contributed by atoms with Crippen LogP contribution in [-0.2, 0) is 0 Å². The normalized spacial score (nSPS) is 20.4. The molecule has 3 rings (SSSR count). The Bertz CT molecular complexity index is 687. The van der Waals surface area contributed by atoms with Gasteiger partial charge in [0, 0.05) is 57.5 Å². The number of H-pyrrole nitrogens is 1. The molecule has 2 saturated heterocycles. The highest BCUT2D eigenvalue weighted by Gasteiger charge is 2.30. The third-order valence-corrected chi connectivity index (χ3v) is 5.88. The minimum atomic E-state index is -0.284. The van der Waals surface area contributed by atoms with E-state index in [1.165, 1.54) is 0 Å². The number of piperazine rings is 1. The summed E-state index contributed by atoms with van der Waals surface area (Å²) >= 11 is 0. The zero-order chi connectivity index (χ0) is 19.4. The first-order chi connectivity index (χ1) is 13.0. The molecule has 0 aliphatic carbocycles. The number of carbonyl (C=O) groups is 1. The summed E-state index contributed by atoms with van der Waals surface area (Å²) in [5, 5.41) is 9.05. The molecule has 3 heterocycles. The van der Waals surface area contributed by atoms with Crippen molar-refractivity contribution < 1.29 is 9.90 Å². The second-order valence-corrected chi connectivity index (χ2v) is 7.94. The lowest BCUT2D eigenvalue weighted by Gasteiger charge is -2.42. The zero-order valence-electron chi connectivity index (χ0n) is 16.5. The number of pyridine rings is 1. The number of aliphatic hydroxyl groups excluding tert-OH is 1. The fraction of sp³-hybridized carbons (Fsp3) is 0.700. The van der Waals surface area contributed by atoms with Crippen molar-refractivity contribution in [3.63, 3.8) is 0 Å². The van der Waals surface area contributed by atoms with Crippen LogP contribution in [0.25, 0.3) is 0 Å². The number of aromatic amines is 1. The van der Waals surface area contributed by atoms with Crippen molar-refractivity contribution in [2.24, 2.45) is 0 Å². The Morgan fingerprint density at radius 3 is 2.37 bits per heavy atom. The summed E-state index contributed by atoms with van der Waals surface area (Å²) < 4.78 is 0. The highest BCUT2D eigenvalue weighted by atomic mass is 16.3. The molecule has 7 heteroatoms. The molecule has 0 bridgehead atoms. The van der Waals surface area contributed by atoms with Gasteiger partial charge in [0.05, 0.1) is 6.61 Å². The molecule has 0 spiro atoms. The number of hydrogen-bond donors (Lipinski definition) is 2. The van der Waals surface area contributed by atoms with Gasteiger partial charge in [-0.2, -0.15) is 0 Å². The van der Waals surface area contributed by atoms with E-state index in [9.17, 15) is 9.59 Å². The number of rotatable bonds is 5. The van der Waals surface area contributed by atoms with Gasteiger partial charge in [0.15, 0.2) is 0 Å². The van der Waals surface area contributed by atoms with Gasteiger partial charge in [-0.1, -0.05) is 13.8 Å². The number of amides is 1. The van der Waals surface area contributed by atoms with Crippen LogP contribution in [0.1, 0.15) is 48.7 Å². The number of hydrogen-bond acceptors (Lipinski definition) is 5. The molecule has 1 amide bonds. The van der Waals surface area contributed by atoms with E-state index in [1.54, 1.807) is 6.07 Å². The Balaban J connectivity index is 1.53. The molecule has 1 aromatic rings. The molecule has 150 valence electrons. The van der Waals surface area contributed by atoms with Gasteiger partial charge in [-0.15, -0.1) is 0 Å². The summed E-state index contributed by atoms with van der Waals surface area (Å²) in [5.41, 5.74) is 0.819. The Kier molecular flexibility index (Phi) is 6.68. The fourth-order valence-electron chi connectivity index (χ4n) is 4.09. The van der Waals surface area contributed by atoms with E-state index < -0.39 is 0 Å². The summed E-state index contributed by atoms with van der Waals surface area (Å²) in [4.78, 5) is 34.5. The number of aromatic nitrogens is 1. The van der Waals surface area contributed by atoms with Gasteiger partial charge in [-0.25, -0.2) is 0 Å². The van der Waals surface area contributed by atoms with E-state index in [2.05, 4.69) is 14.8 Å². The van der Waals surface area contributed by atoms with Gasteiger partial charge in [0.25, 0.3) is 11.5 Å². The number of β-amino-alcohol motifs (C(OH)–C–C–N with tert-alkyl or cyclic N) is 1. The highest BCUT2D eigenvalue weighted by molar-refractivity contribution is 5.93. The largest absolute Gasteiger partial charge is 0.395 e. The molecule has 2 aliphatic rings. The molecule has 0 aromatic carbocycles. The third-order valence-electron chi connectivity index (χ3n) is 5.88. The van der Waals surface area contributed by atoms with Crippen LogP contribution in [0.2, 0.25) is 0 Å². The standard InChI is InChI=1S/C20H32N4O3/c1-15(2)18-4-3-17(19(26)21-18)20(27)24-7-5-16(6-8-24)23-11-9-22(10-12-23)13-14-25/h3-4,15-16,25H,5-14H2,1-2H3,(H,21,26). The maximum atomic E-state index is 12.8. The van der Waals surface area contributed by atoms with Crippen LogP contribution >= 0.6 is 0 Å². The number of aliphatic hydroxyl groups is 1. The van der Waals surface area contributed by atoms with Gasteiger partial charge in [0.1, 0.15) is 5.56 Å². The summed E-state index contributed by atoms with van der Waals surface area (Å²) in [6.45, 7) is 10.4. The highest BCUT2D eigenvalue weighted by Crippen LogP contribution is 2.19. The summed E-state index contributed by atoms with van der Waals surface area (Å²) in [6.07, 6.45) is 1.90. The molecule has 0 unspecified atom stereocenters. The first-order valence-corrected chi connectivity index (χ1v) is 10.1. The average Bonchev–Trinajstić information content (AvgIpc) is 2.68. The Morgan fingerprint density at radius 2 is 1.81 bits per heavy atom. The van der Waals surface area contributed by atoms with Crippen LogP contribution in [0.4, 0.5) is 0 Å². The van der Waals surface area contributed by atoms with Crippen molar-refractivity contribution in [2.45, 2.75) is 38.6 Å². The average molecular weight is 377 g/mol. The summed E-state index contributed by atoms with van der Waals surface area (Å²) in [6, 6.07) is 4.02. The van der Waals surface area contributed by atoms with Crippen LogP contribution in [0.5, 0.6) is 0 Å². The molecule has 27 heavy (non-hydrogen) atoms. The molecule has 1 aromatic heterocycles. The predicted molar refractivity (Wildman–Crippen MR) is 105 cm³/mol. The van der Waals surface area contributed by atoms with Crippen molar-refractivity contribution in [1.29, 1.82) is 0 Å². The quantitative estimate of drug-likeness (QED) is 0.791. The maximum absolute atomic E-state index is 12.8. The van der Waals surface area contributed by atoms with E-state index in [1.807, 2.05) is 24.8 Å². The topological polar surface area (TPSA) is 79.9 Å². The molecule has 0 saturated carbocycles. The van der Waals surface area contributed by atoms with Crippen molar-refractivity contribution in [3.8, 4) is 0 Å². The monoisotopic (exact) mass is 376 g/mol. The smallest absolute Gasteiger partial charge is 0.261 e. The first-order valence-electron chi connectivity index (χ1n) is 10.1. The van der Waals surface area contributed by atoms with Crippen molar-refractivity contribution >= 4 is 5.91 Å². The van der Waals surface area contributed by atoms with Gasteiger partial charge in [-0.3, -0.25) is 19.4 Å². The zero-order valence-corrected chi connectivity index (χ0v) is 16.5. The molecule has 7 nitrogen and oxygen atoms in total. The Morgan fingerprint density at radius 1 is 1.15 bits per heavy atom. The Hall–Kier alpha value is -1.70. The molecular weight excluding hydrogens is 344 g/mol. The molecule has 2 N–H and O–H groups in total. The van der Waals surface area contributed by atoms with Crippen LogP contribution < -0.4 is 5.56 Å². The SMILES string of the molecule is CC(C)c1ccc(C(=O)N2CCC(N3CCN(CCO)CC3)CC2)c(=O)[nH]1. The Labute approximate surface area is 161 Å². The predicted octanol–water partition coefficient (Wildman–Crippen LogP) is 0.713. The molecule has 0 atom stereocenters. The van der Waals surface area contributed by atoms with Crippen LogP contribution in [0, 0.1) is 0 Å². The van der Waals surface area contributed by atoms with Crippen LogP contribution in [0.3, 0.4) is 0 Å². The third kappa shape index (κ3) is 4.78. The lowest BCUT2D eigenvalue weighted by molar-refractivity contribution is 0.0450. The number of piperidine rings is 1. The van der Waals surface area contributed by atoms with Crippen molar-refractivity contribution in [1.82, 2.24) is 19.7 Å². The number of nitrogens with one attached hydrogen (secondary N) is 1. The molecular formula is C20H32N4O3. The lowest BCUT2D eigenvalue weighted by atomic mass is 10.0. The van der Waals surface area contributed by atoms with Crippen molar-refractivity contribution in [2.75, 3.05) is 52.4 Å². The molecule has 2 aliphatic heterocycles.